The average Bonchev–Trinajstić information content (AvgIpc) is 3.35. The second kappa shape index (κ2) is 9.73. The number of ether oxygens (including phenoxy) is 3. The van der Waals surface area contributed by atoms with Crippen molar-refractivity contribution in [3.63, 3.8) is 0 Å². The van der Waals surface area contributed by atoms with Crippen LogP contribution in [0.5, 0.6) is 11.5 Å². The number of amides is 1. The van der Waals surface area contributed by atoms with Crippen LogP contribution in [0.4, 0.5) is 5.69 Å². The average molecular weight is 391 g/mol. The molecule has 27 heavy (non-hydrogen) atoms. The van der Waals surface area contributed by atoms with E-state index in [2.05, 4.69) is 21.7 Å². The molecule has 1 aromatic heterocycles. The highest BCUT2D eigenvalue weighted by molar-refractivity contribution is 7.09. The maximum Gasteiger partial charge on any atom is 0.238 e. The van der Waals surface area contributed by atoms with Gasteiger partial charge in [-0.3, -0.25) is 9.69 Å². The van der Waals surface area contributed by atoms with Crippen LogP contribution in [0.25, 0.3) is 0 Å². The standard InChI is InChI=1S/C20H26N2O4S/c1-24-17-9-15(10-18(11-17)25-2)21-20(23)14-22(12-16-5-3-7-26-16)13-19-6-4-8-27-19/h4,6,8-11,16H,3,5,7,12-14H2,1-2H3,(H,21,23)/t16-/m1/s1. The molecule has 1 aliphatic rings. The van der Waals surface area contributed by atoms with Crippen LogP contribution in [0.1, 0.15) is 17.7 Å². The van der Waals surface area contributed by atoms with E-state index in [1.807, 2.05) is 6.07 Å². The van der Waals surface area contributed by atoms with Crippen LogP contribution in [0.15, 0.2) is 35.7 Å². The predicted molar refractivity (Wildman–Crippen MR) is 107 cm³/mol. The van der Waals surface area contributed by atoms with Gasteiger partial charge in [-0.05, 0) is 24.3 Å². The number of benzene rings is 1. The molecule has 0 saturated carbocycles. The zero-order chi connectivity index (χ0) is 19.1. The Morgan fingerprint density at radius 3 is 2.67 bits per heavy atom. The highest BCUT2D eigenvalue weighted by atomic mass is 32.1. The van der Waals surface area contributed by atoms with Gasteiger partial charge < -0.3 is 19.5 Å². The number of hydrogen-bond acceptors (Lipinski definition) is 6. The molecule has 1 fully saturated rings. The first-order valence-electron chi connectivity index (χ1n) is 9.05. The molecular weight excluding hydrogens is 364 g/mol. The van der Waals surface area contributed by atoms with E-state index in [9.17, 15) is 4.79 Å². The van der Waals surface area contributed by atoms with Crippen LogP contribution < -0.4 is 14.8 Å². The Labute approximate surface area is 164 Å². The van der Waals surface area contributed by atoms with Gasteiger partial charge >= 0.3 is 0 Å². The van der Waals surface area contributed by atoms with Crippen molar-refractivity contribution in [1.82, 2.24) is 4.90 Å². The maximum absolute atomic E-state index is 12.7. The molecule has 1 atom stereocenters. The molecule has 0 aliphatic carbocycles. The van der Waals surface area contributed by atoms with Gasteiger partial charge in [0.25, 0.3) is 0 Å². The molecule has 1 aliphatic heterocycles. The minimum Gasteiger partial charge on any atom is -0.497 e. The summed E-state index contributed by atoms with van der Waals surface area (Å²) in [6, 6.07) is 9.47. The van der Waals surface area contributed by atoms with Gasteiger partial charge in [0.2, 0.25) is 5.91 Å². The van der Waals surface area contributed by atoms with E-state index in [0.717, 1.165) is 32.5 Å². The Kier molecular flexibility index (Phi) is 7.09. The van der Waals surface area contributed by atoms with E-state index in [0.29, 0.717) is 23.7 Å². The summed E-state index contributed by atoms with van der Waals surface area (Å²) < 4.78 is 16.3. The topological polar surface area (TPSA) is 60.0 Å². The van der Waals surface area contributed by atoms with Gasteiger partial charge in [0.15, 0.2) is 0 Å². The summed E-state index contributed by atoms with van der Waals surface area (Å²) in [5, 5.41) is 5.01. The molecular formula is C20H26N2O4S. The molecule has 6 nitrogen and oxygen atoms in total. The third-order valence-corrected chi connectivity index (χ3v) is 5.31. The molecule has 1 aromatic carbocycles. The lowest BCUT2D eigenvalue weighted by molar-refractivity contribution is -0.117. The van der Waals surface area contributed by atoms with Gasteiger partial charge in [0.05, 0.1) is 26.9 Å². The van der Waals surface area contributed by atoms with E-state index in [4.69, 9.17) is 14.2 Å². The fourth-order valence-electron chi connectivity index (χ4n) is 3.17. The van der Waals surface area contributed by atoms with Gasteiger partial charge in [0.1, 0.15) is 11.5 Å². The summed E-state index contributed by atoms with van der Waals surface area (Å²) in [6.07, 6.45) is 2.35. The third-order valence-electron chi connectivity index (χ3n) is 4.45. The Hall–Kier alpha value is -2.09. The van der Waals surface area contributed by atoms with Crippen molar-refractivity contribution in [1.29, 1.82) is 0 Å². The first-order chi connectivity index (χ1) is 13.2. The van der Waals surface area contributed by atoms with Crippen molar-refractivity contribution in [2.75, 3.05) is 39.2 Å². The first-order valence-corrected chi connectivity index (χ1v) is 9.93. The minimum absolute atomic E-state index is 0.0696. The lowest BCUT2D eigenvalue weighted by Gasteiger charge is -2.24. The Balaban J connectivity index is 1.64. The van der Waals surface area contributed by atoms with Gasteiger partial charge in [-0.15, -0.1) is 11.3 Å². The van der Waals surface area contributed by atoms with Crippen LogP contribution in [0.3, 0.4) is 0 Å². The van der Waals surface area contributed by atoms with Gasteiger partial charge in [-0.25, -0.2) is 0 Å². The Bertz CT molecular complexity index is 707. The summed E-state index contributed by atoms with van der Waals surface area (Å²) in [4.78, 5) is 16.0. The molecule has 0 radical (unpaired) electrons. The zero-order valence-corrected chi connectivity index (χ0v) is 16.6. The van der Waals surface area contributed by atoms with E-state index < -0.39 is 0 Å². The fourth-order valence-corrected chi connectivity index (χ4v) is 3.91. The van der Waals surface area contributed by atoms with Crippen molar-refractivity contribution in [3.8, 4) is 11.5 Å². The Morgan fingerprint density at radius 1 is 1.30 bits per heavy atom. The normalized spacial score (nSPS) is 16.5. The predicted octanol–water partition coefficient (Wildman–Crippen LogP) is 3.39. The third kappa shape index (κ3) is 5.95. The van der Waals surface area contributed by atoms with Crippen molar-refractivity contribution >= 4 is 22.9 Å². The van der Waals surface area contributed by atoms with Crippen molar-refractivity contribution < 1.29 is 19.0 Å². The maximum atomic E-state index is 12.7. The highest BCUT2D eigenvalue weighted by Crippen LogP contribution is 2.26. The molecule has 2 aromatic rings. The monoisotopic (exact) mass is 390 g/mol. The van der Waals surface area contributed by atoms with Crippen LogP contribution in [0, 0.1) is 0 Å². The molecule has 0 bridgehead atoms. The minimum atomic E-state index is -0.0696. The summed E-state index contributed by atoms with van der Waals surface area (Å²) in [5.41, 5.74) is 0.657. The molecule has 7 heteroatoms. The number of rotatable bonds is 9. The number of nitrogens with one attached hydrogen (secondary N) is 1. The van der Waals surface area contributed by atoms with Gasteiger partial charge in [-0.2, -0.15) is 0 Å². The first kappa shape index (κ1) is 19.7. The number of carbonyl (C=O) groups excluding carboxylic acids is 1. The quantitative estimate of drug-likeness (QED) is 0.711. The van der Waals surface area contributed by atoms with Crippen molar-refractivity contribution in [2.24, 2.45) is 0 Å². The SMILES string of the molecule is COc1cc(NC(=O)CN(Cc2cccs2)C[C@H]2CCCO2)cc(OC)c1. The van der Waals surface area contributed by atoms with Crippen LogP contribution >= 0.6 is 11.3 Å². The second-order valence-electron chi connectivity index (χ2n) is 6.53. The molecule has 0 unspecified atom stereocenters. The lowest BCUT2D eigenvalue weighted by Crippen LogP contribution is -2.37. The fraction of sp³-hybridized carbons (Fsp3) is 0.450. The molecule has 3 rings (SSSR count). The Morgan fingerprint density at radius 2 is 2.07 bits per heavy atom. The van der Waals surface area contributed by atoms with Crippen LogP contribution in [0.2, 0.25) is 0 Å². The molecule has 146 valence electrons. The second-order valence-corrected chi connectivity index (χ2v) is 7.57. The van der Waals surface area contributed by atoms with E-state index >= 15 is 0 Å². The number of thiophene rings is 1. The molecule has 0 spiro atoms. The van der Waals surface area contributed by atoms with Crippen LogP contribution in [-0.4, -0.2) is 50.8 Å². The van der Waals surface area contributed by atoms with E-state index in [-0.39, 0.29) is 12.0 Å². The zero-order valence-electron chi connectivity index (χ0n) is 15.8. The largest absolute Gasteiger partial charge is 0.497 e. The van der Waals surface area contributed by atoms with E-state index in [1.165, 1.54) is 4.88 Å². The lowest BCUT2D eigenvalue weighted by atomic mass is 10.2. The summed E-state index contributed by atoms with van der Waals surface area (Å²) in [6.45, 7) is 2.61. The molecule has 1 N–H and O–H groups in total. The van der Waals surface area contributed by atoms with Crippen molar-refractivity contribution in [3.05, 3.63) is 40.6 Å². The number of hydrogen-bond donors (Lipinski definition) is 1. The number of carbonyl (C=O) groups is 1. The summed E-state index contributed by atoms with van der Waals surface area (Å²) >= 11 is 1.70. The van der Waals surface area contributed by atoms with Gasteiger partial charge in [0, 0.05) is 48.5 Å². The highest BCUT2D eigenvalue weighted by Gasteiger charge is 2.21. The number of nitrogens with zero attached hydrogens (tertiary/aromatic N) is 1. The van der Waals surface area contributed by atoms with E-state index in [1.54, 1.807) is 43.8 Å². The number of anilines is 1. The smallest absolute Gasteiger partial charge is 0.238 e. The van der Waals surface area contributed by atoms with Crippen LogP contribution in [-0.2, 0) is 16.1 Å². The number of methoxy groups -OCH3 is 2. The summed E-state index contributed by atoms with van der Waals surface area (Å²) in [7, 11) is 3.18. The van der Waals surface area contributed by atoms with Crippen molar-refractivity contribution in [2.45, 2.75) is 25.5 Å². The molecule has 1 amide bonds. The van der Waals surface area contributed by atoms with Gasteiger partial charge in [-0.1, -0.05) is 6.07 Å². The summed E-state index contributed by atoms with van der Waals surface area (Å²) in [5.74, 6) is 1.21. The molecule has 1 saturated heterocycles. The molecule has 2 heterocycles.